The largest absolute Gasteiger partial charge is 0.396 e. The van der Waals surface area contributed by atoms with Crippen LogP contribution in [-0.4, -0.2) is 46.6 Å². The molecular weight excluding hydrogens is 340 g/mol. The number of hydrogen-bond acceptors (Lipinski definition) is 3. The fourth-order valence-corrected chi connectivity index (χ4v) is 5.45. The molecular formula is C22H24N2O3. The molecule has 5 nitrogen and oxygen atoms in total. The lowest BCUT2D eigenvalue weighted by atomic mass is 9.91. The number of fused-ring (bicyclic) bond motifs is 2. The molecule has 0 spiro atoms. The van der Waals surface area contributed by atoms with Crippen LogP contribution in [0.2, 0.25) is 0 Å². The quantitative estimate of drug-likeness (QED) is 0.911. The van der Waals surface area contributed by atoms with Crippen LogP contribution in [0.4, 0.5) is 5.69 Å². The van der Waals surface area contributed by atoms with Gasteiger partial charge < -0.3 is 10.0 Å². The third kappa shape index (κ3) is 2.34. The molecule has 2 aromatic carbocycles. The van der Waals surface area contributed by atoms with Crippen molar-refractivity contribution in [1.82, 2.24) is 4.90 Å². The number of carbonyl (C=O) groups is 2. The maximum absolute atomic E-state index is 13.4. The third-order valence-electron chi connectivity index (χ3n) is 6.68. The summed E-state index contributed by atoms with van der Waals surface area (Å²) in [6.07, 6.45) is 3.75. The molecule has 3 heterocycles. The van der Waals surface area contributed by atoms with Crippen molar-refractivity contribution in [2.75, 3.05) is 11.5 Å². The van der Waals surface area contributed by atoms with Crippen LogP contribution in [0.1, 0.15) is 43.0 Å². The monoisotopic (exact) mass is 364 g/mol. The van der Waals surface area contributed by atoms with Crippen molar-refractivity contribution in [3.63, 3.8) is 0 Å². The van der Waals surface area contributed by atoms with Crippen molar-refractivity contribution in [3.8, 4) is 0 Å². The molecule has 2 bridgehead atoms. The lowest BCUT2D eigenvalue weighted by Gasteiger charge is -2.41. The molecule has 0 radical (unpaired) electrons. The Hall–Kier alpha value is -2.40. The summed E-state index contributed by atoms with van der Waals surface area (Å²) in [7, 11) is 0. The minimum atomic E-state index is -0.524. The van der Waals surface area contributed by atoms with Crippen molar-refractivity contribution in [2.24, 2.45) is 5.92 Å². The van der Waals surface area contributed by atoms with Crippen molar-refractivity contribution in [2.45, 2.75) is 50.7 Å². The Labute approximate surface area is 158 Å². The molecule has 2 amide bonds. The summed E-state index contributed by atoms with van der Waals surface area (Å²) in [6.45, 7) is 2.05. The van der Waals surface area contributed by atoms with Crippen molar-refractivity contribution < 1.29 is 14.7 Å². The Bertz CT molecular complexity index is 921. The highest BCUT2D eigenvalue weighted by Gasteiger charge is 2.46. The van der Waals surface area contributed by atoms with Crippen LogP contribution < -0.4 is 4.90 Å². The van der Waals surface area contributed by atoms with Gasteiger partial charge in [-0.05, 0) is 56.0 Å². The van der Waals surface area contributed by atoms with E-state index in [0.717, 1.165) is 42.1 Å². The van der Waals surface area contributed by atoms with Crippen LogP contribution in [0.25, 0.3) is 10.8 Å². The van der Waals surface area contributed by atoms with Crippen molar-refractivity contribution in [3.05, 3.63) is 42.0 Å². The Balaban J connectivity index is 1.47. The predicted molar refractivity (Wildman–Crippen MR) is 104 cm³/mol. The van der Waals surface area contributed by atoms with E-state index in [1.807, 2.05) is 48.2 Å². The van der Waals surface area contributed by atoms with E-state index < -0.39 is 6.04 Å². The number of carbonyl (C=O) groups excluding carboxylic acids is 2. The van der Waals surface area contributed by atoms with Gasteiger partial charge in [0.1, 0.15) is 6.04 Å². The molecule has 4 atom stereocenters. The number of nitrogens with zero attached hydrogens (tertiary/aromatic N) is 2. The van der Waals surface area contributed by atoms with Gasteiger partial charge in [0, 0.05) is 29.6 Å². The second-order valence-electron chi connectivity index (χ2n) is 8.18. The first-order chi connectivity index (χ1) is 13.1. The summed E-state index contributed by atoms with van der Waals surface area (Å²) < 4.78 is 0. The Morgan fingerprint density at radius 1 is 1.15 bits per heavy atom. The SMILES string of the molecule is CC(C(=O)N1[C@@H]2CC[C@H]1CC(CO)C2)N1C(=O)c2cccc3cccc1c23. The molecule has 2 fully saturated rings. The molecule has 2 saturated heterocycles. The summed E-state index contributed by atoms with van der Waals surface area (Å²) in [5.41, 5.74) is 1.52. The third-order valence-corrected chi connectivity index (χ3v) is 6.68. The summed E-state index contributed by atoms with van der Waals surface area (Å²) in [5, 5.41) is 11.5. The lowest BCUT2D eigenvalue weighted by Crippen LogP contribution is -2.55. The molecule has 0 aromatic heterocycles. The van der Waals surface area contributed by atoms with Crippen LogP contribution >= 0.6 is 0 Å². The standard InChI is InChI=1S/C22H24N2O3/c1-13(21(26)24-16-8-9-17(24)11-14(10-16)12-25)23-19-7-3-5-15-4-2-6-18(20(15)19)22(23)27/h2-7,13-14,16-17,25H,8-12H2,1H3/t13?,14?,16-,17+. The molecule has 140 valence electrons. The number of hydrogen-bond donors (Lipinski definition) is 1. The molecule has 2 unspecified atom stereocenters. The summed E-state index contributed by atoms with van der Waals surface area (Å²) in [5.74, 6) is 0.255. The molecule has 0 aliphatic carbocycles. The fourth-order valence-electron chi connectivity index (χ4n) is 5.45. The highest BCUT2D eigenvalue weighted by atomic mass is 16.3. The normalized spacial score (nSPS) is 27.5. The van der Waals surface area contributed by atoms with Gasteiger partial charge in [-0.2, -0.15) is 0 Å². The van der Waals surface area contributed by atoms with Crippen molar-refractivity contribution in [1.29, 1.82) is 0 Å². The number of benzene rings is 2. The number of amides is 2. The van der Waals surface area contributed by atoms with Crippen LogP contribution in [-0.2, 0) is 4.79 Å². The Morgan fingerprint density at radius 3 is 2.48 bits per heavy atom. The summed E-state index contributed by atoms with van der Waals surface area (Å²) in [4.78, 5) is 30.2. The van der Waals surface area contributed by atoms with Crippen LogP contribution in [0.5, 0.6) is 0 Å². The Morgan fingerprint density at radius 2 is 1.81 bits per heavy atom. The molecule has 1 N–H and O–H groups in total. The van der Waals surface area contributed by atoms with Gasteiger partial charge in [0.2, 0.25) is 5.91 Å². The first-order valence-electron chi connectivity index (χ1n) is 9.88. The Kier molecular flexibility index (Phi) is 3.76. The number of piperidine rings is 1. The smallest absolute Gasteiger partial charge is 0.259 e. The summed E-state index contributed by atoms with van der Waals surface area (Å²) in [6, 6.07) is 11.5. The predicted octanol–water partition coefficient (Wildman–Crippen LogP) is 2.95. The molecule has 3 aliphatic rings. The van der Waals surface area contributed by atoms with Gasteiger partial charge in [0.25, 0.3) is 5.91 Å². The second-order valence-corrected chi connectivity index (χ2v) is 8.18. The van der Waals surface area contributed by atoms with E-state index in [-0.39, 0.29) is 30.5 Å². The minimum absolute atomic E-state index is 0.0389. The zero-order valence-electron chi connectivity index (χ0n) is 15.5. The molecule has 5 rings (SSSR count). The zero-order valence-corrected chi connectivity index (χ0v) is 15.5. The zero-order chi connectivity index (χ0) is 18.7. The van der Waals surface area contributed by atoms with Gasteiger partial charge in [-0.25, -0.2) is 0 Å². The van der Waals surface area contributed by atoms with E-state index in [2.05, 4.69) is 0 Å². The van der Waals surface area contributed by atoms with E-state index in [0.29, 0.717) is 11.5 Å². The molecule has 2 aromatic rings. The van der Waals surface area contributed by atoms with E-state index >= 15 is 0 Å². The highest BCUT2D eigenvalue weighted by Crippen LogP contribution is 2.42. The summed E-state index contributed by atoms with van der Waals surface area (Å²) >= 11 is 0. The topological polar surface area (TPSA) is 60.9 Å². The molecule has 27 heavy (non-hydrogen) atoms. The fraction of sp³-hybridized carbons (Fsp3) is 0.455. The lowest BCUT2D eigenvalue weighted by molar-refractivity contribution is -0.137. The number of aliphatic hydroxyl groups excluding tert-OH is 1. The van der Waals surface area contributed by atoms with Gasteiger partial charge in [0.05, 0.1) is 5.69 Å². The maximum atomic E-state index is 13.4. The van der Waals surface area contributed by atoms with Gasteiger partial charge in [-0.15, -0.1) is 0 Å². The first-order valence-corrected chi connectivity index (χ1v) is 9.88. The van der Waals surface area contributed by atoms with E-state index in [1.165, 1.54) is 0 Å². The molecule has 0 saturated carbocycles. The highest BCUT2D eigenvalue weighted by molar-refractivity contribution is 6.26. The van der Waals surface area contributed by atoms with E-state index in [9.17, 15) is 14.7 Å². The van der Waals surface area contributed by atoms with E-state index in [1.54, 1.807) is 4.90 Å². The average molecular weight is 364 g/mol. The van der Waals surface area contributed by atoms with Crippen LogP contribution in [0.15, 0.2) is 36.4 Å². The number of aliphatic hydroxyl groups is 1. The second kappa shape index (κ2) is 6.06. The van der Waals surface area contributed by atoms with Gasteiger partial charge in [0.15, 0.2) is 0 Å². The van der Waals surface area contributed by atoms with Crippen LogP contribution in [0, 0.1) is 5.92 Å². The van der Waals surface area contributed by atoms with Crippen molar-refractivity contribution >= 4 is 28.3 Å². The number of rotatable bonds is 3. The molecule has 5 heteroatoms. The average Bonchev–Trinajstić information content (AvgIpc) is 3.12. The number of anilines is 1. The maximum Gasteiger partial charge on any atom is 0.259 e. The van der Waals surface area contributed by atoms with E-state index in [4.69, 9.17) is 0 Å². The van der Waals surface area contributed by atoms with Gasteiger partial charge in [-0.1, -0.05) is 24.3 Å². The van der Waals surface area contributed by atoms with Crippen LogP contribution in [0.3, 0.4) is 0 Å². The molecule has 3 aliphatic heterocycles. The first kappa shape index (κ1) is 16.8. The van der Waals surface area contributed by atoms with Gasteiger partial charge >= 0.3 is 0 Å². The van der Waals surface area contributed by atoms with Gasteiger partial charge in [-0.3, -0.25) is 14.5 Å². The minimum Gasteiger partial charge on any atom is -0.396 e.